The van der Waals surface area contributed by atoms with E-state index in [2.05, 4.69) is 15.4 Å². The molecule has 1 saturated carbocycles. The lowest BCUT2D eigenvalue weighted by molar-refractivity contribution is -0.142. The molecule has 2 N–H and O–H groups in total. The van der Waals surface area contributed by atoms with E-state index >= 15 is 4.79 Å². The number of ether oxygens (including phenoxy) is 1. The van der Waals surface area contributed by atoms with Crippen LogP contribution < -0.4 is 15.2 Å². The maximum atomic E-state index is 15.4. The number of alkyl halides is 6. The Labute approximate surface area is 356 Å². The third-order valence-electron chi connectivity index (χ3n) is 11.8. The van der Waals surface area contributed by atoms with Crippen molar-refractivity contribution in [2.24, 2.45) is 23.7 Å². The third-order valence-corrected chi connectivity index (χ3v) is 12.6. The van der Waals surface area contributed by atoms with Crippen molar-refractivity contribution in [1.82, 2.24) is 20.0 Å². The van der Waals surface area contributed by atoms with Crippen LogP contribution in [0.5, 0.6) is 11.5 Å². The summed E-state index contributed by atoms with van der Waals surface area (Å²) in [7, 11) is 2.46. The fourth-order valence-electron chi connectivity index (χ4n) is 9.29. The van der Waals surface area contributed by atoms with E-state index in [1.165, 1.54) is 49.6 Å². The summed E-state index contributed by atoms with van der Waals surface area (Å²) in [5.74, 6) is -11.1. The molecule has 6 atom stereocenters. The van der Waals surface area contributed by atoms with Gasteiger partial charge in [0.15, 0.2) is 11.6 Å². The molecule has 12 nitrogen and oxygen atoms in total. The lowest BCUT2D eigenvalue weighted by atomic mass is 9.49. The van der Waals surface area contributed by atoms with Crippen LogP contribution in [0.4, 0.5) is 38.0 Å². The van der Waals surface area contributed by atoms with Crippen molar-refractivity contribution < 1.29 is 55.4 Å². The molecule has 6 unspecified atom stereocenters. The number of allylic oxidation sites excluding steroid dienone is 2. The van der Waals surface area contributed by atoms with Gasteiger partial charge in [-0.15, -0.1) is 0 Å². The predicted molar refractivity (Wildman–Crippen MR) is 206 cm³/mol. The van der Waals surface area contributed by atoms with Crippen LogP contribution in [0.15, 0.2) is 78.5 Å². The van der Waals surface area contributed by atoms with Crippen molar-refractivity contribution in [2.45, 2.75) is 36.5 Å². The summed E-state index contributed by atoms with van der Waals surface area (Å²) in [4.78, 5) is 66.6. The van der Waals surface area contributed by atoms with Gasteiger partial charge < -0.3 is 9.84 Å². The summed E-state index contributed by atoms with van der Waals surface area (Å²) >= 11 is 18.8. The molecule has 318 valence electrons. The van der Waals surface area contributed by atoms with Crippen molar-refractivity contribution in [3.8, 4) is 11.5 Å². The number of imide groups is 2. The number of nitrogens with zero attached hydrogens (tertiary/aromatic N) is 5. The number of aromatic nitrogens is 2. The normalized spacial score (nSPS) is 25.0. The highest BCUT2D eigenvalue weighted by Crippen LogP contribution is 2.66. The number of hydrogen-bond acceptors (Lipinski definition) is 10. The Balaban J connectivity index is 1.30. The Kier molecular flexibility index (Phi) is 10.2. The van der Waals surface area contributed by atoms with E-state index in [-0.39, 0.29) is 45.5 Å². The Morgan fingerprint density at radius 1 is 0.902 bits per heavy atom. The monoisotopic (exact) mass is 908 g/mol. The first-order chi connectivity index (χ1) is 28.7. The Bertz CT molecular complexity index is 2560. The number of amides is 4. The number of carbonyl (C=O) groups excluding carboxylic acids is 4. The molecule has 2 aliphatic carbocycles. The highest BCUT2D eigenvalue weighted by Gasteiger charge is 2.71. The second-order valence-corrected chi connectivity index (χ2v) is 16.1. The van der Waals surface area contributed by atoms with Crippen molar-refractivity contribution >= 4 is 70.1 Å². The minimum atomic E-state index is -4.90. The molecule has 8 rings (SSSR count). The molecule has 4 aliphatic rings. The number of benzene rings is 2. The standard InChI is InChI=1S/C40H29Cl3F6N6O6/c1-53(33-24(42)12-13-28(51-33)40(47,48)49)55-34(57)21-11-10-20-22(29(21)36(55)59)15-23-35(58)54(52-32-25(43)14-18(16-50-32)39(44,45)46)37(60)38(23,17-6-8-19(41)9-7-17)31(20)30-26(56)4-3-5-27(30)61-2/h3-10,12-14,16,21-23,29,31,56H,11,15H2,1-2H3,(H,50,52). The number of nitrogens with one attached hydrogen (secondary N) is 1. The first-order valence-electron chi connectivity index (χ1n) is 18.3. The number of hydrazine groups is 2. The molecule has 3 fully saturated rings. The molecule has 0 bridgehead atoms. The molecule has 2 aromatic carbocycles. The lowest BCUT2D eigenvalue weighted by Gasteiger charge is -2.50. The van der Waals surface area contributed by atoms with Crippen molar-refractivity contribution in [1.29, 1.82) is 0 Å². The van der Waals surface area contributed by atoms with E-state index in [4.69, 9.17) is 39.5 Å². The van der Waals surface area contributed by atoms with E-state index in [0.717, 1.165) is 18.1 Å². The summed E-state index contributed by atoms with van der Waals surface area (Å²) in [5, 5.41) is 13.1. The van der Waals surface area contributed by atoms with Gasteiger partial charge in [-0.2, -0.15) is 36.4 Å². The summed E-state index contributed by atoms with van der Waals surface area (Å²) < 4.78 is 87.5. The number of pyridine rings is 2. The van der Waals surface area contributed by atoms with Gasteiger partial charge in [-0.1, -0.05) is 64.7 Å². The van der Waals surface area contributed by atoms with Crippen LogP contribution in [0.2, 0.25) is 15.1 Å². The van der Waals surface area contributed by atoms with Crippen molar-refractivity contribution in [3.63, 3.8) is 0 Å². The average molecular weight is 910 g/mol. The quantitative estimate of drug-likeness (QED) is 0.106. The van der Waals surface area contributed by atoms with Gasteiger partial charge in [-0.3, -0.25) is 29.6 Å². The SMILES string of the molecule is COc1cccc(O)c1C1C2=CCC3C(=O)N(N(C)c4nc(C(F)(F)F)ccc4Cl)C(=O)C3C2CC2C(=O)N(Nc3ncc(C(F)(F)F)cc3Cl)C(=O)C21c1ccc(Cl)cc1. The molecule has 2 aromatic heterocycles. The molecule has 4 aromatic rings. The van der Waals surface area contributed by atoms with E-state index < -0.39 is 98.9 Å². The number of fused-ring (bicyclic) bond motifs is 4. The maximum absolute atomic E-state index is 15.4. The van der Waals surface area contributed by atoms with E-state index in [9.17, 15) is 45.8 Å². The van der Waals surface area contributed by atoms with Gasteiger partial charge in [-0.25, -0.2) is 9.97 Å². The van der Waals surface area contributed by atoms with Crippen molar-refractivity contribution in [2.75, 3.05) is 24.6 Å². The van der Waals surface area contributed by atoms with Gasteiger partial charge >= 0.3 is 12.4 Å². The minimum absolute atomic E-state index is 0.0266. The van der Waals surface area contributed by atoms with Crippen LogP contribution in [0.25, 0.3) is 0 Å². The molecule has 2 aliphatic heterocycles. The second kappa shape index (κ2) is 14.8. The van der Waals surface area contributed by atoms with Gasteiger partial charge in [0.2, 0.25) is 0 Å². The average Bonchev–Trinajstić information content (AvgIpc) is 3.58. The Morgan fingerprint density at radius 3 is 2.25 bits per heavy atom. The number of halogens is 9. The zero-order valence-electron chi connectivity index (χ0n) is 31.4. The zero-order valence-corrected chi connectivity index (χ0v) is 33.6. The molecule has 21 heteroatoms. The number of hydrogen-bond donors (Lipinski definition) is 2. The summed E-state index contributed by atoms with van der Waals surface area (Å²) in [6.45, 7) is 0. The number of phenols is 1. The van der Waals surface area contributed by atoms with Crippen LogP contribution in [0, 0.1) is 23.7 Å². The second-order valence-electron chi connectivity index (χ2n) is 14.8. The minimum Gasteiger partial charge on any atom is -0.508 e. The molecule has 2 saturated heterocycles. The number of methoxy groups -OCH3 is 1. The molecule has 4 amide bonds. The van der Waals surface area contributed by atoms with Crippen LogP contribution in [0.1, 0.15) is 41.1 Å². The van der Waals surface area contributed by atoms with E-state index in [1.54, 1.807) is 6.08 Å². The summed E-state index contributed by atoms with van der Waals surface area (Å²) in [5.41, 5.74) is -1.43. The zero-order chi connectivity index (χ0) is 44.1. The van der Waals surface area contributed by atoms with Crippen LogP contribution >= 0.6 is 34.8 Å². The topological polar surface area (TPSA) is 145 Å². The molecular weight excluding hydrogens is 881 g/mol. The molecule has 61 heavy (non-hydrogen) atoms. The van der Waals surface area contributed by atoms with Crippen LogP contribution in [-0.4, -0.2) is 62.9 Å². The first-order valence-corrected chi connectivity index (χ1v) is 19.4. The first kappa shape index (κ1) is 42.1. The smallest absolute Gasteiger partial charge is 0.433 e. The number of aromatic hydroxyl groups is 1. The third kappa shape index (κ3) is 6.52. The van der Waals surface area contributed by atoms with Gasteiger partial charge in [0, 0.05) is 29.7 Å². The van der Waals surface area contributed by atoms with Crippen LogP contribution in [-0.2, 0) is 36.9 Å². The van der Waals surface area contributed by atoms with Crippen LogP contribution in [0.3, 0.4) is 0 Å². The molecule has 0 radical (unpaired) electrons. The maximum Gasteiger partial charge on any atom is 0.433 e. The van der Waals surface area contributed by atoms with Gasteiger partial charge in [-0.05, 0) is 66.8 Å². The van der Waals surface area contributed by atoms with E-state index in [1.807, 2.05) is 0 Å². The van der Waals surface area contributed by atoms with E-state index in [0.29, 0.717) is 33.9 Å². The molecule has 0 spiro atoms. The van der Waals surface area contributed by atoms with Crippen molar-refractivity contribution in [3.05, 3.63) is 116 Å². The highest BCUT2D eigenvalue weighted by atomic mass is 35.5. The predicted octanol–water partition coefficient (Wildman–Crippen LogP) is 8.22. The Hall–Kier alpha value is -5.59. The fraction of sp³-hybridized carbons (Fsp3) is 0.300. The summed E-state index contributed by atoms with van der Waals surface area (Å²) in [6, 6.07) is 12.4. The largest absolute Gasteiger partial charge is 0.508 e. The number of anilines is 2. The number of rotatable bonds is 7. The Morgan fingerprint density at radius 2 is 1.61 bits per heavy atom. The summed E-state index contributed by atoms with van der Waals surface area (Å²) in [6.07, 6.45) is -8.04. The van der Waals surface area contributed by atoms with Gasteiger partial charge in [0.05, 0.1) is 45.9 Å². The van der Waals surface area contributed by atoms with Gasteiger partial charge in [0.25, 0.3) is 23.6 Å². The fourth-order valence-corrected chi connectivity index (χ4v) is 9.85. The van der Waals surface area contributed by atoms with Gasteiger partial charge in [0.1, 0.15) is 17.2 Å². The number of carbonyl (C=O) groups is 4. The highest BCUT2D eigenvalue weighted by molar-refractivity contribution is 6.33. The number of phenolic OH excluding ortho intramolecular Hbond substituents is 1. The molecular formula is C40H29Cl3F6N6O6. The lowest BCUT2D eigenvalue weighted by Crippen LogP contribution is -2.53. The molecule has 4 heterocycles.